The zero-order chi connectivity index (χ0) is 12.1. The largest absolute Gasteiger partial charge is 0.398 e. The van der Waals surface area contributed by atoms with E-state index in [1.807, 2.05) is 12.3 Å². The van der Waals surface area contributed by atoms with Gasteiger partial charge in [0.25, 0.3) is 5.91 Å². The Morgan fingerprint density at radius 2 is 2.25 bits per heavy atom. The van der Waals surface area contributed by atoms with Crippen LogP contribution in [0, 0.1) is 0 Å². The molecule has 3 nitrogen and oxygen atoms in total. The smallest absolute Gasteiger partial charge is 0.255 e. The predicted molar refractivity (Wildman–Crippen MR) is 73.9 cm³/mol. The SMILES string of the molecule is CSCCN(C)C(=O)c1cc(Br)ccc1N. The minimum absolute atomic E-state index is 0.0344. The molecule has 0 aliphatic heterocycles. The first-order valence-electron chi connectivity index (χ1n) is 4.85. The second kappa shape index (κ2) is 6.15. The van der Waals surface area contributed by atoms with Crippen molar-refractivity contribution in [3.63, 3.8) is 0 Å². The summed E-state index contributed by atoms with van der Waals surface area (Å²) in [7, 11) is 1.79. The third kappa shape index (κ3) is 3.42. The summed E-state index contributed by atoms with van der Waals surface area (Å²) in [6.45, 7) is 0.728. The maximum atomic E-state index is 12.0. The lowest BCUT2D eigenvalue weighted by Gasteiger charge is -2.17. The third-order valence-electron chi connectivity index (χ3n) is 2.22. The first-order chi connectivity index (χ1) is 7.56. The van der Waals surface area contributed by atoms with Crippen LogP contribution in [0.4, 0.5) is 5.69 Å². The van der Waals surface area contributed by atoms with Gasteiger partial charge in [-0.2, -0.15) is 11.8 Å². The molecule has 0 saturated carbocycles. The minimum atomic E-state index is -0.0344. The summed E-state index contributed by atoms with van der Waals surface area (Å²) in [6, 6.07) is 5.32. The molecule has 0 atom stereocenters. The highest BCUT2D eigenvalue weighted by Crippen LogP contribution is 2.19. The highest BCUT2D eigenvalue weighted by molar-refractivity contribution is 9.10. The Bertz CT molecular complexity index is 384. The number of thioether (sulfide) groups is 1. The number of carbonyl (C=O) groups is 1. The summed E-state index contributed by atoms with van der Waals surface area (Å²) in [5.74, 6) is 0.892. The molecule has 0 spiro atoms. The van der Waals surface area contributed by atoms with E-state index in [1.54, 1.807) is 35.8 Å². The number of rotatable bonds is 4. The van der Waals surface area contributed by atoms with Gasteiger partial charge in [0.2, 0.25) is 0 Å². The van der Waals surface area contributed by atoms with Gasteiger partial charge in [0.05, 0.1) is 5.56 Å². The molecular weight excluding hydrogens is 288 g/mol. The van der Waals surface area contributed by atoms with E-state index in [2.05, 4.69) is 15.9 Å². The number of halogens is 1. The lowest BCUT2D eigenvalue weighted by molar-refractivity contribution is 0.0804. The standard InChI is InChI=1S/C11H15BrN2OS/c1-14(5-6-16-2)11(15)9-7-8(12)3-4-10(9)13/h3-4,7H,5-6,13H2,1-2H3. The molecule has 88 valence electrons. The molecule has 0 saturated heterocycles. The Morgan fingerprint density at radius 3 is 2.88 bits per heavy atom. The molecule has 16 heavy (non-hydrogen) atoms. The Morgan fingerprint density at radius 1 is 1.56 bits per heavy atom. The molecule has 1 aromatic rings. The number of anilines is 1. The number of hydrogen-bond acceptors (Lipinski definition) is 3. The van der Waals surface area contributed by atoms with E-state index in [0.29, 0.717) is 11.3 Å². The van der Waals surface area contributed by atoms with Crippen molar-refractivity contribution in [1.29, 1.82) is 0 Å². The lowest BCUT2D eigenvalue weighted by Crippen LogP contribution is -2.29. The van der Waals surface area contributed by atoms with Crippen LogP contribution >= 0.6 is 27.7 Å². The Balaban J connectivity index is 2.83. The van der Waals surface area contributed by atoms with Gasteiger partial charge in [0.15, 0.2) is 0 Å². The number of nitrogens with two attached hydrogens (primary N) is 1. The molecule has 0 heterocycles. The van der Waals surface area contributed by atoms with Crippen molar-refractivity contribution < 1.29 is 4.79 Å². The van der Waals surface area contributed by atoms with E-state index in [0.717, 1.165) is 16.8 Å². The molecule has 0 radical (unpaired) electrons. The third-order valence-corrected chi connectivity index (χ3v) is 3.31. The van der Waals surface area contributed by atoms with Crippen molar-refractivity contribution in [2.45, 2.75) is 0 Å². The minimum Gasteiger partial charge on any atom is -0.398 e. The number of nitrogen functional groups attached to an aromatic ring is 1. The van der Waals surface area contributed by atoms with Gasteiger partial charge in [0.1, 0.15) is 0 Å². The van der Waals surface area contributed by atoms with E-state index in [1.165, 1.54) is 0 Å². The second-order valence-electron chi connectivity index (χ2n) is 3.45. The maximum absolute atomic E-state index is 12.0. The first kappa shape index (κ1) is 13.4. The monoisotopic (exact) mass is 302 g/mol. The van der Waals surface area contributed by atoms with Crippen LogP contribution in [0.1, 0.15) is 10.4 Å². The summed E-state index contributed by atoms with van der Waals surface area (Å²) in [5.41, 5.74) is 6.85. The fourth-order valence-corrected chi connectivity index (χ4v) is 2.07. The number of hydrogen-bond donors (Lipinski definition) is 1. The quantitative estimate of drug-likeness (QED) is 0.869. The van der Waals surface area contributed by atoms with Crippen LogP contribution in [0.3, 0.4) is 0 Å². The molecule has 1 aromatic carbocycles. The van der Waals surface area contributed by atoms with E-state index in [-0.39, 0.29) is 5.91 Å². The highest BCUT2D eigenvalue weighted by atomic mass is 79.9. The summed E-state index contributed by atoms with van der Waals surface area (Å²) in [5, 5.41) is 0. The summed E-state index contributed by atoms with van der Waals surface area (Å²) >= 11 is 5.05. The molecule has 0 bridgehead atoms. The van der Waals surface area contributed by atoms with E-state index in [4.69, 9.17) is 5.73 Å². The average Bonchev–Trinajstić information content (AvgIpc) is 2.28. The van der Waals surface area contributed by atoms with Gasteiger partial charge in [0, 0.05) is 29.5 Å². The molecular formula is C11H15BrN2OS. The molecule has 0 aliphatic rings. The summed E-state index contributed by atoms with van der Waals surface area (Å²) in [4.78, 5) is 13.7. The Kier molecular flexibility index (Phi) is 5.15. The fraction of sp³-hybridized carbons (Fsp3) is 0.364. The normalized spacial score (nSPS) is 10.2. The van der Waals surface area contributed by atoms with Crippen molar-refractivity contribution in [2.75, 3.05) is 31.3 Å². The van der Waals surface area contributed by atoms with Crippen molar-refractivity contribution in [3.8, 4) is 0 Å². The summed E-state index contributed by atoms with van der Waals surface area (Å²) in [6.07, 6.45) is 2.02. The molecule has 1 amide bonds. The predicted octanol–water partition coefficient (Wildman–Crippen LogP) is 2.47. The maximum Gasteiger partial charge on any atom is 0.255 e. The number of nitrogens with zero attached hydrogens (tertiary/aromatic N) is 1. The Labute approximate surface area is 109 Å². The molecule has 5 heteroatoms. The van der Waals surface area contributed by atoms with Crippen LogP contribution in [0.2, 0.25) is 0 Å². The van der Waals surface area contributed by atoms with Gasteiger partial charge < -0.3 is 10.6 Å². The van der Waals surface area contributed by atoms with Gasteiger partial charge in [-0.25, -0.2) is 0 Å². The number of carbonyl (C=O) groups excluding carboxylic acids is 1. The fourth-order valence-electron chi connectivity index (χ4n) is 1.25. The van der Waals surface area contributed by atoms with E-state index in [9.17, 15) is 4.79 Å². The zero-order valence-electron chi connectivity index (χ0n) is 9.37. The van der Waals surface area contributed by atoms with Crippen LogP contribution in [0.5, 0.6) is 0 Å². The zero-order valence-corrected chi connectivity index (χ0v) is 11.8. The lowest BCUT2D eigenvalue weighted by atomic mass is 10.1. The highest BCUT2D eigenvalue weighted by Gasteiger charge is 2.14. The van der Waals surface area contributed by atoms with Crippen molar-refractivity contribution in [1.82, 2.24) is 4.90 Å². The van der Waals surface area contributed by atoms with Gasteiger partial charge in [-0.3, -0.25) is 4.79 Å². The van der Waals surface area contributed by atoms with Crippen LogP contribution in [-0.4, -0.2) is 36.4 Å². The summed E-state index contributed by atoms with van der Waals surface area (Å²) < 4.78 is 0.864. The van der Waals surface area contributed by atoms with Crippen LogP contribution in [0.15, 0.2) is 22.7 Å². The topological polar surface area (TPSA) is 46.3 Å². The molecule has 0 fully saturated rings. The van der Waals surface area contributed by atoms with Gasteiger partial charge in [-0.15, -0.1) is 0 Å². The molecule has 2 N–H and O–H groups in total. The van der Waals surface area contributed by atoms with Gasteiger partial charge in [-0.05, 0) is 24.5 Å². The second-order valence-corrected chi connectivity index (χ2v) is 5.35. The Hall–Kier alpha value is -0.680. The van der Waals surface area contributed by atoms with Crippen molar-refractivity contribution in [2.24, 2.45) is 0 Å². The molecule has 1 rings (SSSR count). The molecule has 0 aliphatic carbocycles. The van der Waals surface area contributed by atoms with Crippen LogP contribution in [-0.2, 0) is 0 Å². The van der Waals surface area contributed by atoms with Crippen molar-refractivity contribution in [3.05, 3.63) is 28.2 Å². The first-order valence-corrected chi connectivity index (χ1v) is 7.04. The number of benzene rings is 1. The van der Waals surface area contributed by atoms with Gasteiger partial charge in [-0.1, -0.05) is 15.9 Å². The van der Waals surface area contributed by atoms with Crippen LogP contribution < -0.4 is 5.73 Å². The van der Waals surface area contributed by atoms with E-state index < -0.39 is 0 Å². The van der Waals surface area contributed by atoms with Gasteiger partial charge >= 0.3 is 0 Å². The molecule has 0 unspecified atom stereocenters. The van der Waals surface area contributed by atoms with Crippen LogP contribution in [0.25, 0.3) is 0 Å². The number of amides is 1. The van der Waals surface area contributed by atoms with Crippen molar-refractivity contribution >= 4 is 39.3 Å². The molecule has 0 aromatic heterocycles. The van der Waals surface area contributed by atoms with E-state index >= 15 is 0 Å². The average molecular weight is 303 g/mol.